The van der Waals surface area contributed by atoms with Crippen LogP contribution in [0.2, 0.25) is 0 Å². The predicted molar refractivity (Wildman–Crippen MR) is 96.5 cm³/mol. The summed E-state index contributed by atoms with van der Waals surface area (Å²) in [5.41, 5.74) is 2.81. The van der Waals surface area contributed by atoms with Crippen molar-refractivity contribution in [1.82, 2.24) is 9.78 Å². The number of aromatic nitrogens is 2. The van der Waals surface area contributed by atoms with Gasteiger partial charge >= 0.3 is 0 Å². The summed E-state index contributed by atoms with van der Waals surface area (Å²) >= 11 is -1.34. The van der Waals surface area contributed by atoms with Crippen molar-refractivity contribution in [3.63, 3.8) is 0 Å². The highest BCUT2D eigenvalue weighted by Gasteiger charge is 2.13. The highest BCUT2D eigenvalue weighted by molar-refractivity contribution is 14.1. The van der Waals surface area contributed by atoms with Gasteiger partial charge in [0, 0.05) is 30.8 Å². The topological polar surface area (TPSA) is 52.0 Å². The minimum atomic E-state index is -1.34. The highest BCUT2D eigenvalue weighted by atomic mass is 127. The molecule has 3 rings (SSSR count). The molecule has 4 nitrogen and oxygen atoms in total. The van der Waals surface area contributed by atoms with Crippen molar-refractivity contribution in [3.8, 4) is 11.3 Å². The molecule has 0 atom stereocenters. The Morgan fingerprint density at radius 2 is 2.04 bits per heavy atom. The van der Waals surface area contributed by atoms with Crippen molar-refractivity contribution in [2.75, 3.05) is 0 Å². The Kier molecular flexibility index (Phi) is 4.94. The molecule has 0 saturated carbocycles. The van der Waals surface area contributed by atoms with E-state index < -0.39 is 27.0 Å². The largest absolute Gasteiger partial charge is 0.294 e. The molecule has 0 N–H and O–H groups in total. The quantitative estimate of drug-likeness (QED) is 0.447. The second-order valence-corrected chi connectivity index (χ2v) is 6.94. The van der Waals surface area contributed by atoms with Crippen LogP contribution >= 0.6 is 21.2 Å². The molecule has 0 spiro atoms. The van der Waals surface area contributed by atoms with Crippen LogP contribution in [0.1, 0.15) is 15.9 Å². The highest BCUT2D eigenvalue weighted by Crippen LogP contribution is 2.28. The minimum absolute atomic E-state index is 0.157. The number of nitrogens with zero attached hydrogens (tertiary/aromatic N) is 2. The van der Waals surface area contributed by atoms with Crippen molar-refractivity contribution in [3.05, 3.63) is 75.2 Å². The van der Waals surface area contributed by atoms with Gasteiger partial charge in [-0.25, -0.2) is 4.39 Å². The Balaban J connectivity index is 1.94. The summed E-state index contributed by atoms with van der Waals surface area (Å²) in [6, 6.07) is 13.0. The second kappa shape index (κ2) is 7.12. The monoisotopic (exact) mass is 436 g/mol. The molecule has 2 aromatic carbocycles. The van der Waals surface area contributed by atoms with Crippen molar-refractivity contribution in [2.24, 2.45) is 7.05 Å². The van der Waals surface area contributed by atoms with Gasteiger partial charge in [-0.3, -0.25) is 12.5 Å². The van der Waals surface area contributed by atoms with Crippen molar-refractivity contribution in [2.45, 2.75) is 6.42 Å². The van der Waals surface area contributed by atoms with Gasteiger partial charge in [-0.2, -0.15) is 5.10 Å². The fourth-order valence-electron chi connectivity index (χ4n) is 2.53. The molecule has 0 fully saturated rings. The summed E-state index contributed by atoms with van der Waals surface area (Å²) < 4.78 is 27.3. The summed E-state index contributed by atoms with van der Waals surface area (Å²) in [6.45, 7) is 0. The standard InChI is InChI=1S/C18H14FIN2O2/c1-22-17(7-8-21-22)15-9-12(5-6-16(15)20-24)10-18(23)13-3-2-4-14(19)11-13/h2-9,11H,10H2,1H3. The molecule has 3 aromatic rings. The van der Waals surface area contributed by atoms with Gasteiger partial charge in [0.1, 0.15) is 5.82 Å². The Hall–Kier alpha value is -2.22. The number of hydrogen-bond acceptors (Lipinski definition) is 3. The number of aryl methyl sites for hydroxylation is 1. The van der Waals surface area contributed by atoms with Gasteiger partial charge < -0.3 is 0 Å². The van der Waals surface area contributed by atoms with Crippen LogP contribution in [0.4, 0.5) is 4.39 Å². The van der Waals surface area contributed by atoms with E-state index in [1.54, 1.807) is 29.1 Å². The first kappa shape index (κ1) is 16.6. The Bertz CT molecular complexity index is 921. The molecule has 0 aliphatic rings. The van der Waals surface area contributed by atoms with E-state index in [0.29, 0.717) is 5.56 Å². The van der Waals surface area contributed by atoms with Crippen LogP contribution in [0.25, 0.3) is 11.3 Å². The lowest BCUT2D eigenvalue weighted by Gasteiger charge is -2.08. The lowest BCUT2D eigenvalue weighted by Crippen LogP contribution is -2.05. The van der Waals surface area contributed by atoms with Gasteiger partial charge in [0.25, 0.3) is 0 Å². The number of hydrogen-bond donors (Lipinski definition) is 0. The lowest BCUT2D eigenvalue weighted by molar-refractivity contribution is 0.0992. The number of Topliss-reactive ketones (excluding diaryl/α,β-unsaturated/α-hetero) is 1. The number of benzene rings is 2. The van der Waals surface area contributed by atoms with Crippen LogP contribution in [0.5, 0.6) is 0 Å². The zero-order chi connectivity index (χ0) is 17.1. The van der Waals surface area contributed by atoms with Crippen LogP contribution in [-0.4, -0.2) is 15.6 Å². The first-order valence-corrected chi connectivity index (χ1v) is 9.21. The van der Waals surface area contributed by atoms with E-state index in [1.165, 1.54) is 18.2 Å². The zero-order valence-corrected chi connectivity index (χ0v) is 15.0. The van der Waals surface area contributed by atoms with Crippen molar-refractivity contribution in [1.29, 1.82) is 0 Å². The average Bonchev–Trinajstić information content (AvgIpc) is 3.00. The number of carbonyl (C=O) groups is 1. The fraction of sp³-hybridized carbons (Fsp3) is 0.111. The van der Waals surface area contributed by atoms with E-state index in [0.717, 1.165) is 20.4 Å². The summed E-state index contributed by atoms with van der Waals surface area (Å²) in [7, 11) is 1.81. The maximum absolute atomic E-state index is 13.3. The number of halogens is 2. The van der Waals surface area contributed by atoms with E-state index >= 15 is 0 Å². The van der Waals surface area contributed by atoms with Gasteiger partial charge in [0.15, 0.2) is 27.0 Å². The van der Waals surface area contributed by atoms with Crippen LogP contribution in [0, 0.1) is 9.39 Å². The van der Waals surface area contributed by atoms with E-state index in [4.69, 9.17) is 0 Å². The maximum Gasteiger partial charge on any atom is 0.182 e. The zero-order valence-electron chi connectivity index (χ0n) is 12.9. The van der Waals surface area contributed by atoms with Crippen LogP contribution in [0.15, 0.2) is 54.7 Å². The summed E-state index contributed by atoms with van der Waals surface area (Å²) in [5.74, 6) is -0.585. The number of carbonyl (C=O) groups excluding carboxylic acids is 1. The Labute approximate surface area is 149 Å². The van der Waals surface area contributed by atoms with E-state index in [1.807, 2.05) is 19.2 Å². The third kappa shape index (κ3) is 3.48. The third-order valence-electron chi connectivity index (χ3n) is 3.72. The van der Waals surface area contributed by atoms with Crippen LogP contribution in [-0.2, 0) is 16.5 Å². The molecule has 1 aromatic heterocycles. The summed E-state index contributed by atoms with van der Waals surface area (Å²) in [4.78, 5) is 12.3. The van der Waals surface area contributed by atoms with E-state index in [-0.39, 0.29) is 12.2 Å². The van der Waals surface area contributed by atoms with Gasteiger partial charge in [-0.05, 0) is 35.9 Å². The first-order valence-electron chi connectivity index (χ1n) is 7.25. The van der Waals surface area contributed by atoms with Gasteiger partial charge in [-0.15, -0.1) is 0 Å². The molecule has 0 radical (unpaired) electrons. The average molecular weight is 436 g/mol. The smallest absolute Gasteiger partial charge is 0.182 e. The number of ketones is 1. The number of rotatable bonds is 5. The molecule has 0 saturated heterocycles. The van der Waals surface area contributed by atoms with Crippen molar-refractivity contribution >= 4 is 27.0 Å². The first-order chi connectivity index (χ1) is 11.6. The SMILES string of the molecule is Cn1nccc1-c1cc(CC(=O)c2cccc(F)c2)ccc1I=O. The summed E-state index contributed by atoms with van der Waals surface area (Å²) in [5, 5.41) is 4.13. The van der Waals surface area contributed by atoms with E-state index in [9.17, 15) is 12.3 Å². The molecule has 24 heavy (non-hydrogen) atoms. The molecule has 0 amide bonds. The van der Waals surface area contributed by atoms with Gasteiger partial charge in [0.05, 0.1) is 9.26 Å². The normalized spacial score (nSPS) is 10.8. The maximum atomic E-state index is 13.3. The molecule has 0 aliphatic heterocycles. The third-order valence-corrected chi connectivity index (χ3v) is 5.14. The van der Waals surface area contributed by atoms with E-state index in [2.05, 4.69) is 5.10 Å². The van der Waals surface area contributed by atoms with Gasteiger partial charge in [0.2, 0.25) is 0 Å². The molecule has 0 unspecified atom stereocenters. The minimum Gasteiger partial charge on any atom is -0.294 e. The molecule has 6 heteroatoms. The molecule has 0 bridgehead atoms. The van der Waals surface area contributed by atoms with Crippen LogP contribution in [0.3, 0.4) is 0 Å². The van der Waals surface area contributed by atoms with Crippen molar-refractivity contribution < 1.29 is 12.3 Å². The lowest BCUT2D eigenvalue weighted by atomic mass is 10.0. The molecule has 122 valence electrons. The Morgan fingerprint density at radius 1 is 1.21 bits per heavy atom. The molecule has 1 heterocycles. The predicted octanol–water partition coefficient (Wildman–Crippen LogP) is 4.14. The molecule has 0 aliphatic carbocycles. The molecular weight excluding hydrogens is 422 g/mol. The summed E-state index contributed by atoms with van der Waals surface area (Å²) in [6.07, 6.45) is 1.83. The van der Waals surface area contributed by atoms with Crippen LogP contribution < -0.4 is 0 Å². The second-order valence-electron chi connectivity index (χ2n) is 5.34. The Morgan fingerprint density at radius 3 is 2.71 bits per heavy atom. The fourth-order valence-corrected chi connectivity index (χ4v) is 3.53. The van der Waals surface area contributed by atoms with Gasteiger partial charge in [-0.1, -0.05) is 18.2 Å². The molecular formula is C18H14FIN2O2.